The summed E-state index contributed by atoms with van der Waals surface area (Å²) < 4.78 is 26.8. The highest BCUT2D eigenvalue weighted by atomic mass is 32.2. The largest absolute Gasteiger partial charge is 0.265 e. The molecule has 0 atom stereocenters. The molecule has 1 heterocycles. The van der Waals surface area contributed by atoms with Gasteiger partial charge in [0.05, 0.1) is 4.90 Å². The van der Waals surface area contributed by atoms with Gasteiger partial charge in [-0.1, -0.05) is 26.0 Å². The molecule has 0 fully saturated rings. The van der Waals surface area contributed by atoms with Crippen LogP contribution in [0.4, 0.5) is 0 Å². The Morgan fingerprint density at radius 2 is 1.57 bits per heavy atom. The van der Waals surface area contributed by atoms with E-state index in [1.807, 2.05) is 38.1 Å². The van der Waals surface area contributed by atoms with E-state index in [-0.39, 0.29) is 0 Å². The monoisotopic (exact) mass is 304 g/mol. The van der Waals surface area contributed by atoms with Crippen LogP contribution in [0, 0.1) is 0 Å². The summed E-state index contributed by atoms with van der Waals surface area (Å²) in [5.74, 6) is 0. The van der Waals surface area contributed by atoms with E-state index in [0.29, 0.717) is 18.0 Å². The molecule has 0 N–H and O–H groups in total. The van der Waals surface area contributed by atoms with E-state index in [1.165, 1.54) is 4.31 Å². The van der Waals surface area contributed by atoms with Gasteiger partial charge in [0.25, 0.3) is 0 Å². The first-order valence-corrected chi connectivity index (χ1v) is 8.50. The van der Waals surface area contributed by atoms with Crippen LogP contribution in [0.3, 0.4) is 0 Å². The third kappa shape index (κ3) is 3.68. The van der Waals surface area contributed by atoms with Gasteiger partial charge in [-0.3, -0.25) is 4.98 Å². The number of benzene rings is 1. The number of nitrogens with zero attached hydrogens (tertiary/aromatic N) is 2. The van der Waals surface area contributed by atoms with Gasteiger partial charge in [0.1, 0.15) is 0 Å². The van der Waals surface area contributed by atoms with Gasteiger partial charge in [-0.25, -0.2) is 8.42 Å². The third-order valence-corrected chi connectivity index (χ3v) is 5.37. The van der Waals surface area contributed by atoms with Gasteiger partial charge in [0.2, 0.25) is 10.0 Å². The van der Waals surface area contributed by atoms with Gasteiger partial charge in [0.15, 0.2) is 0 Å². The number of hydrogen-bond acceptors (Lipinski definition) is 3. The van der Waals surface area contributed by atoms with Gasteiger partial charge in [-0.2, -0.15) is 4.31 Å². The summed E-state index contributed by atoms with van der Waals surface area (Å²) in [6, 6.07) is 10.8. The lowest BCUT2D eigenvalue weighted by atomic mass is 10.2. The van der Waals surface area contributed by atoms with E-state index in [4.69, 9.17) is 0 Å². The van der Waals surface area contributed by atoms with Crippen LogP contribution in [0.25, 0.3) is 0 Å². The molecular weight excluding hydrogens is 284 g/mol. The minimum Gasteiger partial charge on any atom is -0.265 e. The molecule has 1 aromatic heterocycles. The van der Waals surface area contributed by atoms with Crippen molar-refractivity contribution in [3.05, 3.63) is 59.9 Å². The van der Waals surface area contributed by atoms with Crippen LogP contribution in [0.1, 0.15) is 25.0 Å². The van der Waals surface area contributed by atoms with Crippen LogP contribution in [-0.4, -0.2) is 24.3 Å². The molecule has 0 saturated heterocycles. The van der Waals surface area contributed by atoms with E-state index >= 15 is 0 Å². The molecule has 0 unspecified atom stereocenters. The first-order valence-electron chi connectivity index (χ1n) is 7.06. The Labute approximate surface area is 126 Å². The zero-order valence-electron chi connectivity index (χ0n) is 12.4. The standard InChI is InChI=1S/C16H20N2O2S/c1-3-14-5-7-16(8-6-14)21(19,20)18(4-2)13-15-9-11-17-12-10-15/h5-12H,3-4,13H2,1-2H3. The van der Waals surface area contributed by atoms with Gasteiger partial charge >= 0.3 is 0 Å². The second-order valence-electron chi connectivity index (χ2n) is 4.78. The Kier molecular flexibility index (Phi) is 5.09. The molecule has 2 rings (SSSR count). The fourth-order valence-electron chi connectivity index (χ4n) is 2.10. The van der Waals surface area contributed by atoms with Crippen molar-refractivity contribution >= 4 is 10.0 Å². The number of hydrogen-bond donors (Lipinski definition) is 0. The van der Waals surface area contributed by atoms with Crippen LogP contribution in [0.5, 0.6) is 0 Å². The fraction of sp³-hybridized carbons (Fsp3) is 0.312. The minimum atomic E-state index is -3.46. The lowest BCUT2D eigenvalue weighted by molar-refractivity contribution is 0.423. The number of rotatable bonds is 6. The molecule has 0 saturated carbocycles. The van der Waals surface area contributed by atoms with Crippen molar-refractivity contribution in [3.8, 4) is 0 Å². The van der Waals surface area contributed by atoms with Crippen molar-refractivity contribution in [1.29, 1.82) is 0 Å². The van der Waals surface area contributed by atoms with Crippen molar-refractivity contribution in [1.82, 2.24) is 9.29 Å². The van der Waals surface area contributed by atoms with E-state index in [2.05, 4.69) is 4.98 Å². The van der Waals surface area contributed by atoms with Gasteiger partial charge in [-0.05, 0) is 41.8 Å². The molecule has 0 spiro atoms. The Balaban J connectivity index is 2.26. The van der Waals surface area contributed by atoms with Gasteiger partial charge in [0, 0.05) is 25.5 Å². The topological polar surface area (TPSA) is 50.3 Å². The third-order valence-electron chi connectivity index (χ3n) is 3.43. The second-order valence-corrected chi connectivity index (χ2v) is 6.72. The highest BCUT2D eigenvalue weighted by Gasteiger charge is 2.22. The summed E-state index contributed by atoms with van der Waals surface area (Å²) in [6.45, 7) is 4.68. The fourth-order valence-corrected chi connectivity index (χ4v) is 3.54. The summed E-state index contributed by atoms with van der Waals surface area (Å²) >= 11 is 0. The molecule has 2 aromatic rings. The molecular formula is C16H20N2O2S. The summed E-state index contributed by atoms with van der Waals surface area (Å²) in [5.41, 5.74) is 2.06. The molecule has 0 aliphatic rings. The van der Waals surface area contributed by atoms with E-state index in [1.54, 1.807) is 24.5 Å². The molecule has 0 bridgehead atoms. The van der Waals surface area contributed by atoms with Crippen LogP contribution in [0.15, 0.2) is 53.7 Å². The maximum Gasteiger partial charge on any atom is 0.243 e. The first kappa shape index (κ1) is 15.7. The van der Waals surface area contributed by atoms with E-state index < -0.39 is 10.0 Å². The Morgan fingerprint density at radius 3 is 2.10 bits per heavy atom. The normalized spacial score (nSPS) is 11.8. The highest BCUT2D eigenvalue weighted by Crippen LogP contribution is 2.18. The molecule has 0 amide bonds. The zero-order chi connectivity index (χ0) is 15.3. The first-order chi connectivity index (χ1) is 10.1. The van der Waals surface area contributed by atoms with Crippen LogP contribution in [-0.2, 0) is 23.0 Å². The molecule has 4 nitrogen and oxygen atoms in total. The molecule has 112 valence electrons. The minimum absolute atomic E-state index is 0.343. The lowest BCUT2D eigenvalue weighted by Gasteiger charge is -2.20. The molecule has 0 radical (unpaired) electrons. The van der Waals surface area contributed by atoms with Crippen molar-refractivity contribution in [2.24, 2.45) is 0 Å². The maximum atomic E-state index is 12.7. The van der Waals surface area contributed by atoms with Gasteiger partial charge < -0.3 is 0 Å². The smallest absolute Gasteiger partial charge is 0.243 e. The average Bonchev–Trinajstić information content (AvgIpc) is 2.53. The molecule has 0 aliphatic carbocycles. The Morgan fingerprint density at radius 1 is 0.952 bits per heavy atom. The number of pyridine rings is 1. The van der Waals surface area contributed by atoms with Crippen molar-refractivity contribution in [2.45, 2.75) is 31.7 Å². The number of sulfonamides is 1. The average molecular weight is 304 g/mol. The quantitative estimate of drug-likeness (QED) is 0.824. The maximum absolute atomic E-state index is 12.7. The predicted molar refractivity (Wildman–Crippen MR) is 83.3 cm³/mol. The molecule has 1 aromatic carbocycles. The second kappa shape index (κ2) is 6.83. The van der Waals surface area contributed by atoms with Crippen LogP contribution >= 0.6 is 0 Å². The zero-order valence-corrected chi connectivity index (χ0v) is 13.2. The van der Waals surface area contributed by atoms with E-state index in [0.717, 1.165) is 17.5 Å². The van der Waals surface area contributed by atoms with E-state index in [9.17, 15) is 8.42 Å². The SMILES string of the molecule is CCc1ccc(S(=O)(=O)N(CC)Cc2ccncc2)cc1. The lowest BCUT2D eigenvalue weighted by Crippen LogP contribution is -2.30. The highest BCUT2D eigenvalue weighted by molar-refractivity contribution is 7.89. The Hall–Kier alpha value is -1.72. The summed E-state index contributed by atoms with van der Waals surface area (Å²) in [7, 11) is -3.46. The van der Waals surface area contributed by atoms with Crippen molar-refractivity contribution < 1.29 is 8.42 Å². The molecule has 21 heavy (non-hydrogen) atoms. The van der Waals surface area contributed by atoms with Gasteiger partial charge in [-0.15, -0.1) is 0 Å². The number of aromatic nitrogens is 1. The summed E-state index contributed by atoms with van der Waals surface area (Å²) in [5, 5.41) is 0. The number of aryl methyl sites for hydroxylation is 1. The van der Waals surface area contributed by atoms with Crippen LogP contribution in [0.2, 0.25) is 0 Å². The molecule has 5 heteroatoms. The van der Waals surface area contributed by atoms with Crippen LogP contribution < -0.4 is 0 Å². The summed E-state index contributed by atoms with van der Waals surface area (Å²) in [6.07, 6.45) is 4.24. The Bertz CT molecular complexity index is 667. The predicted octanol–water partition coefficient (Wildman–Crippen LogP) is 2.85. The van der Waals surface area contributed by atoms with Crippen molar-refractivity contribution in [2.75, 3.05) is 6.54 Å². The molecule has 0 aliphatic heterocycles. The summed E-state index contributed by atoms with van der Waals surface area (Å²) in [4.78, 5) is 4.29. The van der Waals surface area contributed by atoms with Crippen molar-refractivity contribution in [3.63, 3.8) is 0 Å².